The minimum absolute atomic E-state index is 0.0713. The highest BCUT2D eigenvalue weighted by Crippen LogP contribution is 2.44. The van der Waals surface area contributed by atoms with Crippen molar-refractivity contribution in [2.24, 2.45) is 0 Å². The smallest absolute Gasteiger partial charge is 0.224 e. The van der Waals surface area contributed by atoms with E-state index in [1.165, 1.54) is 22.3 Å². The largest absolute Gasteiger partial charge is 0.508 e. The number of carbonyl (C=O) groups is 1. The normalized spacial score (nSPS) is 19.9. The number of aromatic hydroxyl groups is 1. The lowest BCUT2D eigenvalue weighted by atomic mass is 9.87. The number of aryl methyl sites for hydroxylation is 1. The minimum Gasteiger partial charge on any atom is -0.508 e. The molecule has 6 rings (SSSR count). The molecule has 3 aromatic rings. The van der Waals surface area contributed by atoms with Crippen LogP contribution in [0.4, 0.5) is 10.1 Å². The molecule has 220 valence electrons. The molecule has 3 aromatic carbocycles. The number of fused-ring (bicyclic) bond motifs is 2. The topological polar surface area (TPSA) is 53.0 Å². The van der Waals surface area contributed by atoms with Gasteiger partial charge in [-0.1, -0.05) is 24.3 Å². The first kappa shape index (κ1) is 28.5. The van der Waals surface area contributed by atoms with Gasteiger partial charge in [0.25, 0.3) is 0 Å². The Morgan fingerprint density at radius 2 is 1.81 bits per heavy atom. The maximum Gasteiger partial charge on any atom is 0.224 e. The molecule has 1 unspecified atom stereocenters. The van der Waals surface area contributed by atoms with Gasteiger partial charge in [0.2, 0.25) is 5.91 Å². The lowest BCUT2D eigenvalue weighted by Gasteiger charge is -2.31. The fourth-order valence-corrected chi connectivity index (χ4v) is 7.26. The molecule has 1 amide bonds. The third kappa shape index (κ3) is 5.57. The highest BCUT2D eigenvalue weighted by atomic mass is 19.1. The second-order valence-corrected chi connectivity index (χ2v) is 12.6. The third-order valence-corrected chi connectivity index (χ3v) is 9.03. The fourth-order valence-electron chi connectivity index (χ4n) is 7.26. The number of ether oxygens (including phenoxy) is 1. The zero-order valence-corrected chi connectivity index (χ0v) is 25.0. The molecule has 3 aliphatic rings. The van der Waals surface area contributed by atoms with Gasteiger partial charge in [0.15, 0.2) is 0 Å². The molecule has 42 heavy (non-hydrogen) atoms. The van der Waals surface area contributed by atoms with Gasteiger partial charge < -0.3 is 14.7 Å². The predicted molar refractivity (Wildman–Crippen MR) is 167 cm³/mol. The average Bonchev–Trinajstić information content (AvgIpc) is 3.45. The van der Waals surface area contributed by atoms with Gasteiger partial charge in [0, 0.05) is 37.8 Å². The summed E-state index contributed by atoms with van der Waals surface area (Å²) < 4.78 is 18.9. The molecule has 6 heteroatoms. The number of benzene rings is 3. The molecule has 2 heterocycles. The quantitative estimate of drug-likeness (QED) is 0.328. The molecule has 1 N–H and O–H groups in total. The Morgan fingerprint density at radius 1 is 1.02 bits per heavy atom. The van der Waals surface area contributed by atoms with Crippen LogP contribution in [0.25, 0.3) is 11.1 Å². The van der Waals surface area contributed by atoms with E-state index >= 15 is 0 Å². The maximum absolute atomic E-state index is 12.6. The number of rotatable bonds is 7. The highest BCUT2D eigenvalue weighted by Gasteiger charge is 2.38. The first-order chi connectivity index (χ1) is 20.2. The fraction of sp³-hybridized carbons (Fsp3) is 0.417. The Bertz CT molecular complexity index is 1510. The Balaban J connectivity index is 1.36. The van der Waals surface area contributed by atoms with E-state index in [-0.39, 0.29) is 24.2 Å². The first-order valence-corrected chi connectivity index (χ1v) is 15.3. The molecule has 0 radical (unpaired) electrons. The summed E-state index contributed by atoms with van der Waals surface area (Å²) in [6, 6.07) is 20.7. The van der Waals surface area contributed by atoms with Gasteiger partial charge in [0.1, 0.15) is 17.6 Å². The highest BCUT2D eigenvalue weighted by molar-refractivity contribution is 6.01. The van der Waals surface area contributed by atoms with Crippen LogP contribution in [0, 0.1) is 0 Å². The Morgan fingerprint density at radius 3 is 2.57 bits per heavy atom. The van der Waals surface area contributed by atoms with Crippen molar-refractivity contribution in [1.29, 1.82) is 0 Å². The van der Waals surface area contributed by atoms with Crippen molar-refractivity contribution in [3.63, 3.8) is 0 Å². The second-order valence-electron chi connectivity index (χ2n) is 12.6. The molecule has 1 saturated heterocycles. The molecule has 0 bridgehead atoms. The summed E-state index contributed by atoms with van der Waals surface area (Å²) in [5.74, 6) is 1.21. The van der Waals surface area contributed by atoms with Crippen molar-refractivity contribution in [3.8, 4) is 11.5 Å². The number of halogens is 1. The summed E-state index contributed by atoms with van der Waals surface area (Å²) in [5.41, 5.74) is 9.05. The molecule has 5 nitrogen and oxygen atoms in total. The number of hydrogen-bond donors (Lipinski definition) is 1. The van der Waals surface area contributed by atoms with Crippen LogP contribution in [0.2, 0.25) is 0 Å². The van der Waals surface area contributed by atoms with Crippen LogP contribution in [0.5, 0.6) is 11.5 Å². The Hall–Kier alpha value is -3.64. The SMILES string of the molecule is CC(=O)N1c2ccc(C3=C(c4ccc(OC5CCN(CCCF)C5)cc4)c4ccc(O)cc4CCC3)cc2CC1(C)C. The number of anilines is 1. The van der Waals surface area contributed by atoms with Gasteiger partial charge in [-0.05, 0) is 128 Å². The summed E-state index contributed by atoms with van der Waals surface area (Å²) in [5, 5.41) is 10.3. The van der Waals surface area contributed by atoms with Crippen molar-refractivity contribution in [2.75, 3.05) is 31.2 Å². The van der Waals surface area contributed by atoms with Crippen LogP contribution in [0.1, 0.15) is 74.3 Å². The average molecular weight is 569 g/mol. The number of phenolic OH excluding ortho intramolecular Hbond substituents is 1. The molecule has 1 fully saturated rings. The van der Waals surface area contributed by atoms with Crippen molar-refractivity contribution >= 4 is 22.7 Å². The van der Waals surface area contributed by atoms with Crippen molar-refractivity contribution in [3.05, 3.63) is 88.5 Å². The van der Waals surface area contributed by atoms with Crippen LogP contribution < -0.4 is 9.64 Å². The number of carbonyl (C=O) groups excluding carboxylic acids is 1. The van der Waals surface area contributed by atoms with Crippen molar-refractivity contribution in [2.45, 2.75) is 70.9 Å². The number of likely N-dealkylation sites (tertiary alicyclic amines) is 1. The van der Waals surface area contributed by atoms with E-state index in [1.54, 1.807) is 13.0 Å². The van der Waals surface area contributed by atoms with E-state index in [9.17, 15) is 14.3 Å². The van der Waals surface area contributed by atoms with Gasteiger partial charge in [-0.2, -0.15) is 0 Å². The minimum atomic E-state index is -0.273. The van der Waals surface area contributed by atoms with Gasteiger partial charge in [-0.3, -0.25) is 14.1 Å². The Kier molecular flexibility index (Phi) is 7.84. The van der Waals surface area contributed by atoms with Crippen molar-refractivity contribution in [1.82, 2.24) is 4.90 Å². The monoisotopic (exact) mass is 568 g/mol. The standard InChI is InChI=1S/C36H41FN2O3/c1-24(40)39-34-15-10-27(20-28(34)22-36(39,2)3)32-7-4-6-26-21-29(41)11-14-33(26)35(32)25-8-12-30(13-9-25)42-31-16-19-38(23-31)18-5-17-37/h8-15,20-21,31,41H,4-7,16-19,22-23H2,1-3H3. The van der Waals surface area contributed by atoms with E-state index in [4.69, 9.17) is 4.74 Å². The molecular formula is C36H41FN2O3. The zero-order valence-electron chi connectivity index (χ0n) is 25.0. The Labute approximate surface area is 248 Å². The van der Waals surface area contributed by atoms with Gasteiger partial charge in [-0.15, -0.1) is 0 Å². The van der Waals surface area contributed by atoms with E-state index < -0.39 is 0 Å². The van der Waals surface area contributed by atoms with Crippen LogP contribution >= 0.6 is 0 Å². The summed E-state index contributed by atoms with van der Waals surface area (Å²) in [6.07, 6.45) is 5.27. The van der Waals surface area contributed by atoms with Gasteiger partial charge in [0.05, 0.1) is 6.67 Å². The lowest BCUT2D eigenvalue weighted by Crippen LogP contribution is -2.44. The van der Waals surface area contributed by atoms with Crippen LogP contribution in [0.15, 0.2) is 60.7 Å². The molecule has 0 saturated carbocycles. The maximum atomic E-state index is 12.6. The second kappa shape index (κ2) is 11.6. The molecule has 0 aromatic heterocycles. The van der Waals surface area contributed by atoms with E-state index in [0.29, 0.717) is 12.2 Å². The first-order valence-electron chi connectivity index (χ1n) is 15.3. The molecule has 1 aliphatic carbocycles. The van der Waals surface area contributed by atoms with E-state index in [2.05, 4.69) is 61.2 Å². The number of hydrogen-bond acceptors (Lipinski definition) is 4. The van der Waals surface area contributed by atoms with Crippen LogP contribution in [0.3, 0.4) is 0 Å². The molecule has 0 spiro atoms. The van der Waals surface area contributed by atoms with Crippen LogP contribution in [-0.4, -0.2) is 53.9 Å². The number of amides is 1. The zero-order chi connectivity index (χ0) is 29.4. The lowest BCUT2D eigenvalue weighted by molar-refractivity contribution is -0.117. The van der Waals surface area contributed by atoms with Crippen molar-refractivity contribution < 1.29 is 19.0 Å². The third-order valence-electron chi connectivity index (χ3n) is 9.03. The molecule has 1 atom stereocenters. The summed E-state index contributed by atoms with van der Waals surface area (Å²) in [7, 11) is 0. The van der Waals surface area contributed by atoms with Gasteiger partial charge >= 0.3 is 0 Å². The van der Waals surface area contributed by atoms with Crippen LogP contribution in [-0.2, 0) is 17.6 Å². The molecule has 2 aliphatic heterocycles. The summed E-state index contributed by atoms with van der Waals surface area (Å²) in [4.78, 5) is 16.7. The summed E-state index contributed by atoms with van der Waals surface area (Å²) >= 11 is 0. The van der Waals surface area contributed by atoms with E-state index in [1.807, 2.05) is 17.0 Å². The number of allylic oxidation sites excluding steroid dienone is 1. The van der Waals surface area contributed by atoms with Gasteiger partial charge in [-0.25, -0.2) is 0 Å². The number of nitrogens with zero attached hydrogens (tertiary/aromatic N) is 2. The van der Waals surface area contributed by atoms with E-state index in [0.717, 1.165) is 79.9 Å². The number of phenols is 1. The predicted octanol–water partition coefficient (Wildman–Crippen LogP) is 7.19. The molecular weight excluding hydrogens is 527 g/mol. The summed E-state index contributed by atoms with van der Waals surface area (Å²) in [6.45, 7) is 8.20. The number of alkyl halides is 1.